The van der Waals surface area contributed by atoms with Gasteiger partial charge >= 0.3 is 5.97 Å². The van der Waals surface area contributed by atoms with Crippen LogP contribution < -0.4 is 0 Å². The fourth-order valence-electron chi connectivity index (χ4n) is 2.96. The van der Waals surface area contributed by atoms with Gasteiger partial charge in [-0.1, -0.05) is 5.21 Å². The molecule has 3 rings (SSSR count). The number of hydrogen-bond acceptors (Lipinski definition) is 4. The molecule has 1 atom stereocenters. The normalized spacial score (nSPS) is 20.3. The lowest BCUT2D eigenvalue weighted by Crippen LogP contribution is -2.40. The predicted octanol–water partition coefficient (Wildman–Crippen LogP) is 1.43. The molecule has 1 aliphatic carbocycles. The molecule has 1 aromatic rings. The van der Waals surface area contributed by atoms with Gasteiger partial charge in [0.2, 0.25) is 5.91 Å². The molecule has 21 heavy (non-hydrogen) atoms. The first kappa shape index (κ1) is 14.0. The Kier molecular flexibility index (Phi) is 3.65. The van der Waals surface area contributed by atoms with Crippen molar-refractivity contribution in [3.05, 3.63) is 11.4 Å². The molecule has 114 valence electrons. The average Bonchev–Trinajstić information content (AvgIpc) is 3.24. The summed E-state index contributed by atoms with van der Waals surface area (Å²) in [7, 11) is 0. The molecule has 1 saturated heterocycles. The number of amides is 1. The number of aromatic carboxylic acids is 1. The molecule has 0 bridgehead atoms. The number of carbonyl (C=O) groups is 2. The lowest BCUT2D eigenvalue weighted by molar-refractivity contribution is -0.135. The van der Waals surface area contributed by atoms with E-state index in [1.807, 2.05) is 4.90 Å². The van der Waals surface area contributed by atoms with Gasteiger partial charge in [-0.25, -0.2) is 9.48 Å². The number of hydrogen-bond donors (Lipinski definition) is 1. The molecule has 2 fully saturated rings. The molecule has 1 amide bonds. The van der Waals surface area contributed by atoms with Gasteiger partial charge in [0.05, 0.1) is 5.69 Å². The second-order valence-electron chi connectivity index (χ2n) is 5.91. The highest BCUT2D eigenvalue weighted by molar-refractivity contribution is 5.87. The zero-order chi connectivity index (χ0) is 15.0. The van der Waals surface area contributed by atoms with E-state index in [0.29, 0.717) is 5.69 Å². The van der Waals surface area contributed by atoms with E-state index < -0.39 is 12.0 Å². The third-order valence-electron chi connectivity index (χ3n) is 4.29. The number of nitrogens with zero attached hydrogens (tertiary/aromatic N) is 4. The summed E-state index contributed by atoms with van der Waals surface area (Å²) in [4.78, 5) is 25.7. The zero-order valence-electron chi connectivity index (χ0n) is 12.2. The first-order valence-electron chi connectivity index (χ1n) is 7.56. The van der Waals surface area contributed by atoms with Gasteiger partial charge < -0.3 is 10.0 Å². The van der Waals surface area contributed by atoms with Crippen LogP contribution in [0.15, 0.2) is 0 Å². The number of piperidine rings is 1. The monoisotopic (exact) mass is 292 g/mol. The van der Waals surface area contributed by atoms with Crippen LogP contribution in [0, 0.1) is 0 Å². The molecular weight excluding hydrogens is 272 g/mol. The van der Waals surface area contributed by atoms with Gasteiger partial charge in [-0.05, 0) is 39.0 Å². The number of aromatic nitrogens is 3. The number of rotatable bonds is 4. The quantitative estimate of drug-likeness (QED) is 0.906. The highest BCUT2D eigenvalue weighted by Crippen LogP contribution is 2.42. The van der Waals surface area contributed by atoms with Crippen molar-refractivity contribution in [3.8, 4) is 0 Å². The molecule has 1 saturated carbocycles. The summed E-state index contributed by atoms with van der Waals surface area (Å²) in [6.45, 7) is 3.34. The third kappa shape index (κ3) is 2.64. The summed E-state index contributed by atoms with van der Waals surface area (Å²) in [5.74, 6) is -0.873. The van der Waals surface area contributed by atoms with Crippen molar-refractivity contribution in [2.75, 3.05) is 13.1 Å². The molecule has 1 aliphatic heterocycles. The van der Waals surface area contributed by atoms with Crippen molar-refractivity contribution in [1.29, 1.82) is 0 Å². The van der Waals surface area contributed by atoms with Gasteiger partial charge in [-0.2, -0.15) is 0 Å². The van der Waals surface area contributed by atoms with Crippen LogP contribution in [0.5, 0.6) is 0 Å². The summed E-state index contributed by atoms with van der Waals surface area (Å²) >= 11 is 0. The standard InChI is InChI=1S/C14H20N4O3/c1-9(13(19)17-7-3-2-4-8-17)18-12(10-5-6-10)11(14(20)21)15-16-18/h9-10H,2-8H2,1H3,(H,20,21). The molecule has 7 heteroatoms. The topological polar surface area (TPSA) is 88.3 Å². The van der Waals surface area contributed by atoms with Gasteiger partial charge in [-0.3, -0.25) is 4.79 Å². The minimum atomic E-state index is -1.07. The van der Waals surface area contributed by atoms with Crippen molar-refractivity contribution in [1.82, 2.24) is 19.9 Å². The van der Waals surface area contributed by atoms with Crippen molar-refractivity contribution in [2.45, 2.75) is 51.0 Å². The molecule has 2 heterocycles. The Hall–Kier alpha value is -1.92. The van der Waals surface area contributed by atoms with Crippen LogP contribution in [0.2, 0.25) is 0 Å². The fraction of sp³-hybridized carbons (Fsp3) is 0.714. The van der Waals surface area contributed by atoms with Gasteiger partial charge in [0.15, 0.2) is 5.69 Å². The van der Waals surface area contributed by atoms with E-state index in [-0.39, 0.29) is 17.5 Å². The van der Waals surface area contributed by atoms with Gasteiger partial charge in [0, 0.05) is 19.0 Å². The van der Waals surface area contributed by atoms with E-state index in [1.54, 1.807) is 6.92 Å². The Morgan fingerprint density at radius 3 is 2.48 bits per heavy atom. The van der Waals surface area contributed by atoms with E-state index >= 15 is 0 Å². The predicted molar refractivity (Wildman–Crippen MR) is 74.1 cm³/mol. The molecule has 2 aliphatic rings. The second kappa shape index (κ2) is 5.46. The van der Waals surface area contributed by atoms with E-state index in [2.05, 4.69) is 10.3 Å². The number of carbonyl (C=O) groups excluding carboxylic acids is 1. The molecule has 1 unspecified atom stereocenters. The number of likely N-dealkylation sites (tertiary alicyclic amines) is 1. The Morgan fingerprint density at radius 1 is 1.24 bits per heavy atom. The fourth-order valence-corrected chi connectivity index (χ4v) is 2.96. The van der Waals surface area contributed by atoms with Crippen LogP contribution in [-0.2, 0) is 4.79 Å². The molecule has 1 aromatic heterocycles. The van der Waals surface area contributed by atoms with Gasteiger partial charge in [-0.15, -0.1) is 5.10 Å². The molecular formula is C14H20N4O3. The highest BCUT2D eigenvalue weighted by atomic mass is 16.4. The Balaban J connectivity index is 1.85. The highest BCUT2D eigenvalue weighted by Gasteiger charge is 2.36. The van der Waals surface area contributed by atoms with E-state index in [4.69, 9.17) is 0 Å². The maximum atomic E-state index is 12.6. The van der Waals surface area contributed by atoms with E-state index in [1.165, 1.54) is 4.68 Å². The summed E-state index contributed by atoms with van der Waals surface area (Å²) in [5, 5.41) is 16.9. The Labute approximate surface area is 122 Å². The maximum absolute atomic E-state index is 12.6. The zero-order valence-corrected chi connectivity index (χ0v) is 12.2. The van der Waals surface area contributed by atoms with Crippen LogP contribution in [0.1, 0.15) is 67.2 Å². The van der Waals surface area contributed by atoms with Gasteiger partial charge in [0.1, 0.15) is 6.04 Å². The van der Waals surface area contributed by atoms with E-state index in [0.717, 1.165) is 45.2 Å². The molecule has 0 radical (unpaired) electrons. The van der Waals surface area contributed by atoms with Gasteiger partial charge in [0.25, 0.3) is 0 Å². The van der Waals surface area contributed by atoms with Crippen molar-refractivity contribution in [3.63, 3.8) is 0 Å². The summed E-state index contributed by atoms with van der Waals surface area (Å²) in [6.07, 6.45) is 5.12. The Bertz CT molecular complexity index is 559. The van der Waals surface area contributed by atoms with Crippen molar-refractivity contribution in [2.24, 2.45) is 0 Å². The third-order valence-corrected chi connectivity index (χ3v) is 4.29. The minimum absolute atomic E-state index is 0.00389. The van der Waals surface area contributed by atoms with E-state index in [9.17, 15) is 14.7 Å². The first-order valence-corrected chi connectivity index (χ1v) is 7.56. The minimum Gasteiger partial charge on any atom is -0.476 e. The maximum Gasteiger partial charge on any atom is 0.358 e. The molecule has 7 nitrogen and oxygen atoms in total. The summed E-state index contributed by atoms with van der Waals surface area (Å²) in [6, 6.07) is -0.487. The Morgan fingerprint density at radius 2 is 1.90 bits per heavy atom. The lowest BCUT2D eigenvalue weighted by atomic mass is 10.1. The lowest BCUT2D eigenvalue weighted by Gasteiger charge is -2.29. The van der Waals surface area contributed by atoms with Crippen LogP contribution in [0.25, 0.3) is 0 Å². The smallest absolute Gasteiger partial charge is 0.358 e. The molecule has 0 aromatic carbocycles. The average molecular weight is 292 g/mol. The van der Waals surface area contributed by atoms with Crippen LogP contribution in [-0.4, -0.2) is 50.0 Å². The SMILES string of the molecule is CC(C(=O)N1CCCCC1)n1nnc(C(=O)O)c1C1CC1. The number of carboxylic acid groups (broad SMARTS) is 1. The van der Waals surface area contributed by atoms with Crippen LogP contribution in [0.4, 0.5) is 0 Å². The van der Waals surface area contributed by atoms with Crippen molar-refractivity contribution >= 4 is 11.9 Å². The van der Waals surface area contributed by atoms with Crippen molar-refractivity contribution < 1.29 is 14.7 Å². The summed E-state index contributed by atoms with van der Waals surface area (Å²) < 4.78 is 1.53. The van der Waals surface area contributed by atoms with Crippen LogP contribution >= 0.6 is 0 Å². The molecule has 0 spiro atoms. The first-order chi connectivity index (χ1) is 10.1. The van der Waals surface area contributed by atoms with Crippen LogP contribution in [0.3, 0.4) is 0 Å². The molecule has 1 N–H and O–H groups in total. The number of carboxylic acids is 1. The largest absolute Gasteiger partial charge is 0.476 e. The summed E-state index contributed by atoms with van der Waals surface area (Å²) in [5.41, 5.74) is 0.608. The second-order valence-corrected chi connectivity index (χ2v) is 5.91.